The number of aromatic nitrogens is 1. The fourth-order valence-electron chi connectivity index (χ4n) is 1.53. The van der Waals surface area contributed by atoms with Crippen molar-refractivity contribution in [2.24, 2.45) is 0 Å². The zero-order valence-corrected chi connectivity index (χ0v) is 13.8. The first kappa shape index (κ1) is 15.0. The van der Waals surface area contributed by atoms with E-state index in [1.807, 2.05) is 44.4 Å². The van der Waals surface area contributed by atoms with E-state index in [1.54, 1.807) is 6.20 Å². The van der Waals surface area contributed by atoms with Gasteiger partial charge in [-0.2, -0.15) is 0 Å². The molecule has 0 aliphatic heterocycles. The Labute approximate surface area is 130 Å². The molecular formula is C14H15BrN2O2S. The second kappa shape index (κ2) is 5.93. The Bertz CT molecular complexity index is 602. The molecule has 2 heterocycles. The first-order valence-electron chi connectivity index (χ1n) is 6.04. The second-order valence-electron chi connectivity index (χ2n) is 5.15. The molecule has 20 heavy (non-hydrogen) atoms. The quantitative estimate of drug-likeness (QED) is 0.832. The van der Waals surface area contributed by atoms with Gasteiger partial charge in [-0.05, 0) is 60.3 Å². The number of thiophene rings is 1. The molecular weight excluding hydrogens is 340 g/mol. The van der Waals surface area contributed by atoms with E-state index < -0.39 is 11.7 Å². The lowest BCUT2D eigenvalue weighted by molar-refractivity contribution is 0.0636. The molecule has 0 aliphatic rings. The molecule has 1 amide bonds. The number of pyridine rings is 1. The van der Waals surface area contributed by atoms with Crippen molar-refractivity contribution in [3.8, 4) is 10.6 Å². The van der Waals surface area contributed by atoms with Gasteiger partial charge in [0.05, 0.1) is 16.3 Å². The third kappa shape index (κ3) is 4.05. The predicted octanol–water partition coefficient (Wildman–Crippen LogP) is 4.92. The van der Waals surface area contributed by atoms with Gasteiger partial charge in [-0.15, -0.1) is 11.3 Å². The molecule has 0 saturated carbocycles. The van der Waals surface area contributed by atoms with Gasteiger partial charge in [0, 0.05) is 10.7 Å². The molecule has 106 valence electrons. The maximum Gasteiger partial charge on any atom is 0.412 e. The van der Waals surface area contributed by atoms with E-state index in [9.17, 15) is 4.79 Å². The van der Waals surface area contributed by atoms with E-state index in [1.165, 1.54) is 11.3 Å². The highest BCUT2D eigenvalue weighted by molar-refractivity contribution is 9.10. The maximum atomic E-state index is 11.8. The number of rotatable bonds is 2. The molecule has 4 nitrogen and oxygen atoms in total. The fourth-order valence-corrected chi connectivity index (χ4v) is 2.59. The Morgan fingerprint density at radius 1 is 1.35 bits per heavy atom. The number of halogens is 1. The van der Waals surface area contributed by atoms with Gasteiger partial charge in [-0.1, -0.05) is 0 Å². The van der Waals surface area contributed by atoms with Crippen molar-refractivity contribution >= 4 is 39.0 Å². The van der Waals surface area contributed by atoms with Gasteiger partial charge in [-0.25, -0.2) is 4.79 Å². The van der Waals surface area contributed by atoms with E-state index in [2.05, 4.69) is 26.2 Å². The summed E-state index contributed by atoms with van der Waals surface area (Å²) in [6.07, 6.45) is 1.26. The lowest BCUT2D eigenvalue weighted by atomic mass is 10.2. The summed E-state index contributed by atoms with van der Waals surface area (Å²) < 4.78 is 6.16. The van der Waals surface area contributed by atoms with Crippen molar-refractivity contribution in [3.05, 3.63) is 34.2 Å². The number of amides is 1. The van der Waals surface area contributed by atoms with Gasteiger partial charge in [0.15, 0.2) is 0 Å². The highest BCUT2D eigenvalue weighted by atomic mass is 79.9. The highest BCUT2D eigenvalue weighted by Crippen LogP contribution is 2.33. The topological polar surface area (TPSA) is 51.2 Å². The van der Waals surface area contributed by atoms with Crippen LogP contribution in [0.4, 0.5) is 10.5 Å². The van der Waals surface area contributed by atoms with Crippen molar-refractivity contribution in [2.45, 2.75) is 26.4 Å². The van der Waals surface area contributed by atoms with Crippen LogP contribution in [0.25, 0.3) is 10.6 Å². The minimum absolute atomic E-state index is 0.464. The highest BCUT2D eigenvalue weighted by Gasteiger charge is 2.18. The summed E-state index contributed by atoms with van der Waals surface area (Å²) >= 11 is 4.87. The maximum absolute atomic E-state index is 11.8. The van der Waals surface area contributed by atoms with E-state index >= 15 is 0 Å². The first-order chi connectivity index (χ1) is 9.35. The molecule has 2 aromatic rings. The molecule has 0 saturated heterocycles. The first-order valence-corrected chi connectivity index (χ1v) is 7.72. The summed E-state index contributed by atoms with van der Waals surface area (Å²) in [6, 6.07) is 5.66. The zero-order chi connectivity index (χ0) is 14.8. The largest absolute Gasteiger partial charge is 0.444 e. The molecule has 0 radical (unpaired) electrons. The Morgan fingerprint density at radius 3 is 2.70 bits per heavy atom. The van der Waals surface area contributed by atoms with Crippen LogP contribution in [0.2, 0.25) is 0 Å². The van der Waals surface area contributed by atoms with E-state index in [-0.39, 0.29) is 0 Å². The van der Waals surface area contributed by atoms with Crippen molar-refractivity contribution < 1.29 is 9.53 Å². The van der Waals surface area contributed by atoms with Crippen LogP contribution in [0.5, 0.6) is 0 Å². The van der Waals surface area contributed by atoms with E-state index in [0.29, 0.717) is 5.69 Å². The zero-order valence-electron chi connectivity index (χ0n) is 11.4. The molecule has 6 heteroatoms. The van der Waals surface area contributed by atoms with Crippen LogP contribution in [-0.2, 0) is 4.74 Å². The molecule has 2 aromatic heterocycles. The monoisotopic (exact) mass is 354 g/mol. The number of hydrogen-bond donors (Lipinski definition) is 1. The second-order valence-corrected chi connectivity index (χ2v) is 6.98. The Balaban J connectivity index is 2.17. The number of ether oxygens (including phenoxy) is 1. The molecule has 0 atom stereocenters. The van der Waals surface area contributed by atoms with Gasteiger partial charge >= 0.3 is 6.09 Å². The molecule has 0 fully saturated rings. The molecule has 0 unspecified atom stereocenters. The average molecular weight is 355 g/mol. The molecule has 0 aliphatic carbocycles. The summed E-state index contributed by atoms with van der Waals surface area (Å²) in [5.74, 6) is 0. The summed E-state index contributed by atoms with van der Waals surface area (Å²) in [5.41, 5.74) is 1.00. The van der Waals surface area contributed by atoms with Crippen LogP contribution in [0.1, 0.15) is 20.8 Å². The van der Waals surface area contributed by atoms with Gasteiger partial charge < -0.3 is 4.74 Å². The summed E-state index contributed by atoms with van der Waals surface area (Å²) in [5, 5.41) is 4.67. The lowest BCUT2D eigenvalue weighted by Gasteiger charge is -2.19. The number of carbonyl (C=O) groups is 1. The normalized spacial score (nSPS) is 11.2. The van der Waals surface area contributed by atoms with Gasteiger partial charge in [0.2, 0.25) is 0 Å². The average Bonchev–Trinajstić information content (AvgIpc) is 2.75. The van der Waals surface area contributed by atoms with Crippen molar-refractivity contribution in [2.75, 3.05) is 5.32 Å². The summed E-state index contributed by atoms with van der Waals surface area (Å²) in [6.45, 7) is 5.49. The van der Waals surface area contributed by atoms with Crippen LogP contribution in [-0.4, -0.2) is 16.7 Å². The minimum Gasteiger partial charge on any atom is -0.444 e. The minimum atomic E-state index is -0.518. The number of carbonyl (C=O) groups excluding carboxylic acids is 1. The molecule has 1 N–H and O–H groups in total. The van der Waals surface area contributed by atoms with Crippen molar-refractivity contribution in [1.82, 2.24) is 4.98 Å². The summed E-state index contributed by atoms with van der Waals surface area (Å²) in [7, 11) is 0. The molecule has 0 aromatic carbocycles. The van der Waals surface area contributed by atoms with Crippen LogP contribution in [0, 0.1) is 0 Å². The molecule has 0 spiro atoms. The Morgan fingerprint density at radius 2 is 2.10 bits per heavy atom. The van der Waals surface area contributed by atoms with E-state index in [4.69, 9.17) is 4.74 Å². The third-order valence-corrected chi connectivity index (χ3v) is 3.67. The number of hydrogen-bond acceptors (Lipinski definition) is 4. The standard InChI is InChI=1S/C14H15BrN2O2S/c1-14(2,3)19-13(18)17-11-6-7-20-12(11)10-5-4-9(15)8-16-10/h4-8H,1-3H3,(H,17,18). The van der Waals surface area contributed by atoms with Crippen LogP contribution < -0.4 is 5.32 Å². The Kier molecular flexibility index (Phi) is 4.45. The molecule has 0 bridgehead atoms. The van der Waals surface area contributed by atoms with Crippen LogP contribution in [0.3, 0.4) is 0 Å². The smallest absolute Gasteiger partial charge is 0.412 e. The molecule has 2 rings (SSSR count). The third-order valence-electron chi connectivity index (χ3n) is 2.26. The van der Waals surface area contributed by atoms with Gasteiger partial charge in [0.25, 0.3) is 0 Å². The van der Waals surface area contributed by atoms with E-state index in [0.717, 1.165) is 15.0 Å². The number of nitrogens with zero attached hydrogens (tertiary/aromatic N) is 1. The van der Waals surface area contributed by atoms with Gasteiger partial charge in [-0.3, -0.25) is 10.3 Å². The van der Waals surface area contributed by atoms with Gasteiger partial charge in [0.1, 0.15) is 5.60 Å². The van der Waals surface area contributed by atoms with Crippen molar-refractivity contribution in [1.29, 1.82) is 0 Å². The SMILES string of the molecule is CC(C)(C)OC(=O)Nc1ccsc1-c1ccc(Br)cn1. The Hall–Kier alpha value is -1.40. The number of anilines is 1. The van der Waals surface area contributed by atoms with Crippen molar-refractivity contribution in [3.63, 3.8) is 0 Å². The number of nitrogens with one attached hydrogen (secondary N) is 1. The summed E-state index contributed by atoms with van der Waals surface area (Å²) in [4.78, 5) is 17.0. The lowest BCUT2D eigenvalue weighted by Crippen LogP contribution is -2.27. The predicted molar refractivity (Wildman–Crippen MR) is 85.1 cm³/mol. The van der Waals surface area contributed by atoms with Crippen LogP contribution in [0.15, 0.2) is 34.2 Å². The van der Waals surface area contributed by atoms with Crippen LogP contribution >= 0.6 is 27.3 Å². The fraction of sp³-hybridized carbons (Fsp3) is 0.286.